The van der Waals surface area contributed by atoms with Crippen LogP contribution in [0, 0.1) is 0 Å². The number of esters is 1. The topological polar surface area (TPSA) is 235 Å². The molecular weight excluding hydrogens is 792 g/mol. The molecule has 0 spiro atoms. The number of nitrogens with zero attached hydrogens (tertiary/aromatic N) is 1. The lowest BCUT2D eigenvalue weighted by molar-refractivity contribution is -0.151. The first-order chi connectivity index (χ1) is 26.7. The normalized spacial score (nSPS) is 17.0. The number of fused-ring (bicyclic) bond motifs is 1. The number of anilines is 1. The van der Waals surface area contributed by atoms with Gasteiger partial charge in [-0.1, -0.05) is 41.9 Å². The van der Waals surface area contributed by atoms with Crippen molar-refractivity contribution < 1.29 is 58.0 Å². The zero-order valence-electron chi connectivity index (χ0n) is 29.5. The van der Waals surface area contributed by atoms with Crippen molar-refractivity contribution in [3.05, 3.63) is 106 Å². The third-order valence-corrected chi connectivity index (χ3v) is 10.8. The molecule has 5 rings (SSSR count). The number of thioether (sulfide) groups is 2. The number of ether oxygens (including phenoxy) is 2. The van der Waals surface area contributed by atoms with Crippen LogP contribution in [0.25, 0.3) is 0 Å². The Morgan fingerprint density at radius 3 is 2.30 bits per heavy atom. The summed E-state index contributed by atoms with van der Waals surface area (Å²) in [4.78, 5) is 102. The van der Waals surface area contributed by atoms with Crippen molar-refractivity contribution in [1.82, 2.24) is 15.5 Å². The molecule has 1 saturated heterocycles. The first-order valence-corrected chi connectivity index (χ1v) is 19.2. The molecule has 1 fully saturated rings. The minimum absolute atomic E-state index is 0.00316. The molecule has 5 N–H and O–H groups in total. The van der Waals surface area contributed by atoms with Crippen LogP contribution in [0.5, 0.6) is 5.75 Å². The maximum Gasteiger partial charge on any atom is 0.352 e. The van der Waals surface area contributed by atoms with E-state index in [1.54, 1.807) is 30.3 Å². The van der Waals surface area contributed by atoms with Gasteiger partial charge in [-0.05, 0) is 54.3 Å². The lowest BCUT2D eigenvalue weighted by atomic mass is 10.0. The average molecular weight is 825 g/mol. The van der Waals surface area contributed by atoms with Gasteiger partial charge in [-0.2, -0.15) is 0 Å². The summed E-state index contributed by atoms with van der Waals surface area (Å²) in [6, 6.07) is 15.6. The Morgan fingerprint density at radius 2 is 1.68 bits per heavy atom. The number of β-lactam (4-membered cyclic amide) rings is 1. The number of carboxylic acids is 2. The van der Waals surface area contributed by atoms with Crippen LogP contribution in [0.15, 0.2) is 84.1 Å². The summed E-state index contributed by atoms with van der Waals surface area (Å²) < 4.78 is 10.7. The van der Waals surface area contributed by atoms with E-state index in [4.69, 9.17) is 21.1 Å². The molecule has 0 aliphatic carbocycles. The van der Waals surface area contributed by atoms with Crippen LogP contribution in [0.2, 0.25) is 5.02 Å². The van der Waals surface area contributed by atoms with Gasteiger partial charge in [-0.25, -0.2) is 4.79 Å². The molecule has 1 unspecified atom stereocenters. The van der Waals surface area contributed by atoms with Crippen molar-refractivity contribution in [1.29, 1.82) is 0 Å². The average Bonchev–Trinajstić information content (AvgIpc) is 3.17. The number of benzene rings is 3. The molecule has 4 atom stereocenters. The van der Waals surface area contributed by atoms with E-state index in [1.165, 1.54) is 67.4 Å². The van der Waals surface area contributed by atoms with E-state index < -0.39 is 76.6 Å². The van der Waals surface area contributed by atoms with Crippen molar-refractivity contribution in [2.45, 2.75) is 29.6 Å². The van der Waals surface area contributed by atoms with Crippen LogP contribution in [0.3, 0.4) is 0 Å². The van der Waals surface area contributed by atoms with Crippen LogP contribution in [0.1, 0.15) is 34.5 Å². The molecule has 2 aliphatic heterocycles. The Morgan fingerprint density at radius 1 is 0.982 bits per heavy atom. The van der Waals surface area contributed by atoms with Gasteiger partial charge in [0.2, 0.25) is 11.8 Å². The number of rotatable bonds is 16. The first kappa shape index (κ1) is 41.3. The maximum absolute atomic E-state index is 13.7. The number of hydrogen-bond donors (Lipinski definition) is 5. The third-order valence-electron chi connectivity index (χ3n) is 8.36. The zero-order chi connectivity index (χ0) is 40.7. The highest BCUT2D eigenvalue weighted by atomic mass is 35.5. The molecule has 4 amide bonds. The molecule has 56 heavy (non-hydrogen) atoms. The Hall–Kier alpha value is -5.85. The summed E-state index contributed by atoms with van der Waals surface area (Å²) in [6.07, 6.45) is 1.49. The minimum atomic E-state index is -1.39. The van der Waals surface area contributed by atoms with Gasteiger partial charge in [0.15, 0.2) is 17.6 Å². The fraction of sp³-hybridized carbons (Fsp3) is 0.243. The molecular formula is C37H33ClN4O12S2. The Balaban J connectivity index is 1.26. The summed E-state index contributed by atoms with van der Waals surface area (Å²) in [5.74, 6) is -6.72. The van der Waals surface area contributed by atoms with E-state index in [-0.39, 0.29) is 51.2 Å². The number of hydrogen-bond acceptors (Lipinski definition) is 12. The van der Waals surface area contributed by atoms with Gasteiger partial charge in [0.1, 0.15) is 35.5 Å². The van der Waals surface area contributed by atoms with E-state index in [2.05, 4.69) is 16.0 Å². The lowest BCUT2D eigenvalue weighted by Crippen LogP contribution is -2.71. The zero-order valence-corrected chi connectivity index (χ0v) is 31.9. The van der Waals surface area contributed by atoms with E-state index in [1.807, 2.05) is 0 Å². The second kappa shape index (κ2) is 18.2. The molecule has 0 saturated carbocycles. The molecule has 16 nitrogen and oxygen atoms in total. The van der Waals surface area contributed by atoms with Crippen molar-refractivity contribution in [2.24, 2.45) is 0 Å². The number of nitrogens with one attached hydrogen (secondary N) is 3. The minimum Gasteiger partial charge on any atom is -0.483 e. The smallest absolute Gasteiger partial charge is 0.352 e. The molecule has 3 aromatic carbocycles. The Kier molecular flexibility index (Phi) is 13.4. The number of amides is 4. The van der Waals surface area contributed by atoms with Crippen LogP contribution in [-0.2, 0) is 38.3 Å². The Labute approximate surface area is 332 Å². The molecule has 2 aliphatic rings. The van der Waals surface area contributed by atoms with Crippen molar-refractivity contribution >= 4 is 88.1 Å². The van der Waals surface area contributed by atoms with Crippen LogP contribution < -0.4 is 20.7 Å². The Bertz CT molecular complexity index is 2120. The van der Waals surface area contributed by atoms with E-state index in [0.717, 1.165) is 16.7 Å². The SMILES string of the molecule is CSC(C(=O)O)C(=O)Nc1ccc(C(=O)c2cc(Cl)ccc2OCC(=O)N[C@H](C(=O)N[C@@H]2C(=O)N3C(C(=O)O)=C(COC(C)=O)CS[C@H]23)c2ccccc2)cc1. The molecule has 19 heteroatoms. The maximum atomic E-state index is 13.7. The van der Waals surface area contributed by atoms with Gasteiger partial charge in [-0.15, -0.1) is 23.5 Å². The van der Waals surface area contributed by atoms with Gasteiger partial charge in [0, 0.05) is 34.5 Å². The first-order valence-electron chi connectivity index (χ1n) is 16.5. The van der Waals surface area contributed by atoms with Crippen LogP contribution >= 0.6 is 35.1 Å². The summed E-state index contributed by atoms with van der Waals surface area (Å²) in [5.41, 5.74) is 0.685. The van der Waals surface area contributed by atoms with Gasteiger partial charge in [0.05, 0.1) is 5.56 Å². The van der Waals surface area contributed by atoms with Crippen molar-refractivity contribution in [2.75, 3.05) is 30.5 Å². The molecule has 0 bridgehead atoms. The predicted molar refractivity (Wildman–Crippen MR) is 204 cm³/mol. The van der Waals surface area contributed by atoms with Gasteiger partial charge in [-0.3, -0.25) is 38.5 Å². The fourth-order valence-electron chi connectivity index (χ4n) is 5.71. The van der Waals surface area contributed by atoms with E-state index in [0.29, 0.717) is 5.56 Å². The highest BCUT2D eigenvalue weighted by Crippen LogP contribution is 2.40. The second-order valence-corrected chi connectivity index (χ2v) is 14.6. The van der Waals surface area contributed by atoms with E-state index in [9.17, 15) is 48.6 Å². The number of halogens is 1. The number of ketones is 1. The number of carbonyl (C=O) groups is 8. The highest BCUT2D eigenvalue weighted by molar-refractivity contribution is 8.00. The van der Waals surface area contributed by atoms with Crippen LogP contribution in [-0.4, -0.2) is 104 Å². The van der Waals surface area contributed by atoms with Crippen LogP contribution in [0.4, 0.5) is 5.69 Å². The summed E-state index contributed by atoms with van der Waals surface area (Å²) in [7, 11) is 0. The van der Waals surface area contributed by atoms with Gasteiger partial charge >= 0.3 is 17.9 Å². The standard InChI is InChI=1S/C37H33ClN4O12S2/c1-18(43)53-15-21-17-56-35-28(34(48)42(35)29(21)36(49)50)41-32(46)27(19-6-4-3-5-7-19)40-26(44)16-54-25-13-10-22(38)14-24(25)30(45)20-8-11-23(12-9-20)39-33(47)31(55-2)37(51)52/h3-14,27-28,31,35H,15-17H2,1-2H3,(H,39,47)(H,40,44)(H,41,46)(H,49,50)(H,51,52)/t27-,28+,31?,35+/m0/s1. The molecule has 0 aromatic heterocycles. The molecule has 3 aromatic rings. The second-order valence-electron chi connectivity index (χ2n) is 12.1. The number of carbonyl (C=O) groups excluding carboxylic acids is 6. The van der Waals surface area contributed by atoms with Gasteiger partial charge in [0.25, 0.3) is 11.8 Å². The number of aliphatic carboxylic acids is 2. The van der Waals surface area contributed by atoms with Crippen molar-refractivity contribution in [3.8, 4) is 5.75 Å². The fourth-order valence-corrected chi connectivity index (χ4v) is 7.68. The van der Waals surface area contributed by atoms with Gasteiger partial charge < -0.3 is 35.6 Å². The van der Waals surface area contributed by atoms with Crippen molar-refractivity contribution in [3.63, 3.8) is 0 Å². The van der Waals surface area contributed by atoms with E-state index >= 15 is 0 Å². The molecule has 292 valence electrons. The third kappa shape index (κ3) is 9.50. The summed E-state index contributed by atoms with van der Waals surface area (Å²) in [5, 5.41) is 24.9. The summed E-state index contributed by atoms with van der Waals surface area (Å²) >= 11 is 8.23. The predicted octanol–water partition coefficient (Wildman–Crippen LogP) is 2.86. The highest BCUT2D eigenvalue weighted by Gasteiger charge is 2.54. The monoisotopic (exact) mass is 824 g/mol. The summed E-state index contributed by atoms with van der Waals surface area (Å²) in [6.45, 7) is 0.209. The molecule has 0 radical (unpaired) electrons. The largest absolute Gasteiger partial charge is 0.483 e. The quantitative estimate of drug-likeness (QED) is 0.0605. The molecule has 2 heterocycles. The lowest BCUT2D eigenvalue weighted by Gasteiger charge is -2.49. The number of carboxylic acid groups (broad SMARTS) is 2.